The zero-order valence-corrected chi connectivity index (χ0v) is 20.0. The molecule has 3 nitrogen and oxygen atoms in total. The third-order valence-corrected chi connectivity index (χ3v) is 6.16. The van der Waals surface area contributed by atoms with Crippen LogP contribution in [0.2, 0.25) is 10.0 Å². The van der Waals surface area contributed by atoms with Crippen LogP contribution in [0.5, 0.6) is 0 Å². The van der Waals surface area contributed by atoms with Gasteiger partial charge in [-0.2, -0.15) is 26.3 Å². The van der Waals surface area contributed by atoms with E-state index in [0.717, 1.165) is 24.3 Å². The summed E-state index contributed by atoms with van der Waals surface area (Å²) in [6.45, 7) is -0.655. The molecule has 2 amide bonds. The lowest BCUT2D eigenvalue weighted by Gasteiger charge is -2.19. The molecule has 192 valence electrons. The van der Waals surface area contributed by atoms with Gasteiger partial charge in [-0.15, -0.1) is 0 Å². The second-order valence-electron chi connectivity index (χ2n) is 8.24. The van der Waals surface area contributed by atoms with Gasteiger partial charge in [-0.05, 0) is 53.1 Å². The third-order valence-electron chi connectivity index (χ3n) is 5.72. The van der Waals surface area contributed by atoms with Crippen LogP contribution in [0.15, 0.2) is 66.7 Å². The van der Waals surface area contributed by atoms with Gasteiger partial charge < -0.3 is 0 Å². The predicted molar refractivity (Wildman–Crippen MR) is 126 cm³/mol. The SMILES string of the molecule is O=C1c2ccccc2C(=O)N1Cc1ccc(/C=C/C(c2cc(Cl)cc(Cl)c2)C(F)(F)F)cc1C(F)(F)F. The highest BCUT2D eigenvalue weighted by Crippen LogP contribution is 2.39. The van der Waals surface area contributed by atoms with Gasteiger partial charge in [-0.3, -0.25) is 14.5 Å². The molecule has 0 spiro atoms. The molecule has 1 aliphatic rings. The molecule has 0 N–H and O–H groups in total. The molecule has 3 aromatic rings. The lowest BCUT2D eigenvalue weighted by Crippen LogP contribution is -2.30. The van der Waals surface area contributed by atoms with Crippen LogP contribution in [-0.2, 0) is 12.7 Å². The molecule has 0 aliphatic carbocycles. The quantitative estimate of drug-likeness (QED) is 0.234. The Morgan fingerprint density at radius 2 is 1.38 bits per heavy atom. The standard InChI is InChI=1S/C26H15Cl2F6NO2/c27-17-10-16(11-18(28)12-17)21(25(29,30)31)8-6-14-5-7-15(22(9-14)26(32,33)34)13-35-23(36)19-3-1-2-4-20(19)24(35)37/h1-12,21H,13H2/b8-6+. The summed E-state index contributed by atoms with van der Waals surface area (Å²) >= 11 is 11.6. The molecule has 0 saturated heterocycles. The molecule has 0 fully saturated rings. The zero-order valence-electron chi connectivity index (χ0n) is 18.5. The second-order valence-corrected chi connectivity index (χ2v) is 9.11. The minimum Gasteiger partial charge on any atom is -0.270 e. The predicted octanol–water partition coefficient (Wildman–Crippen LogP) is 8.17. The van der Waals surface area contributed by atoms with Crippen molar-refractivity contribution in [3.63, 3.8) is 0 Å². The molecule has 1 aliphatic heterocycles. The van der Waals surface area contributed by atoms with Crippen LogP contribution in [0.25, 0.3) is 6.08 Å². The van der Waals surface area contributed by atoms with Crippen molar-refractivity contribution in [1.82, 2.24) is 4.90 Å². The number of hydrogen-bond acceptors (Lipinski definition) is 2. The average Bonchev–Trinajstić information content (AvgIpc) is 3.03. The van der Waals surface area contributed by atoms with Gasteiger partial charge in [0.05, 0.1) is 29.2 Å². The molecular weight excluding hydrogens is 543 g/mol. The lowest BCUT2D eigenvalue weighted by molar-refractivity contribution is -0.140. The van der Waals surface area contributed by atoms with Crippen LogP contribution in [0.1, 0.15) is 48.9 Å². The third kappa shape index (κ3) is 5.67. The van der Waals surface area contributed by atoms with E-state index in [4.69, 9.17) is 23.2 Å². The fourth-order valence-electron chi connectivity index (χ4n) is 4.02. The highest BCUT2D eigenvalue weighted by molar-refractivity contribution is 6.34. The lowest BCUT2D eigenvalue weighted by atomic mass is 9.96. The van der Waals surface area contributed by atoms with Crippen molar-refractivity contribution in [1.29, 1.82) is 0 Å². The summed E-state index contributed by atoms with van der Waals surface area (Å²) in [6, 6.07) is 12.1. The highest BCUT2D eigenvalue weighted by Gasteiger charge is 2.40. The first-order chi connectivity index (χ1) is 17.3. The molecule has 3 aromatic carbocycles. The first kappa shape index (κ1) is 26.8. The number of rotatable bonds is 5. The van der Waals surface area contributed by atoms with Crippen LogP contribution < -0.4 is 0 Å². The summed E-state index contributed by atoms with van der Waals surface area (Å²) in [5.74, 6) is -3.65. The molecule has 1 unspecified atom stereocenters. The first-order valence-electron chi connectivity index (χ1n) is 10.6. The monoisotopic (exact) mass is 557 g/mol. The van der Waals surface area contributed by atoms with E-state index in [1.807, 2.05) is 0 Å². The number of nitrogens with zero attached hydrogens (tertiary/aromatic N) is 1. The number of fused-ring (bicyclic) bond motifs is 1. The number of alkyl halides is 6. The molecule has 37 heavy (non-hydrogen) atoms. The number of halogens is 8. The Kier molecular flexibility index (Phi) is 7.14. The van der Waals surface area contributed by atoms with Crippen molar-refractivity contribution in [2.75, 3.05) is 0 Å². The van der Waals surface area contributed by atoms with Crippen molar-refractivity contribution in [2.45, 2.75) is 24.8 Å². The largest absolute Gasteiger partial charge is 0.416 e. The normalized spacial score (nSPS) is 15.0. The van der Waals surface area contributed by atoms with E-state index in [1.165, 1.54) is 36.4 Å². The summed E-state index contributed by atoms with van der Waals surface area (Å²) < 4.78 is 82.8. The molecule has 1 atom stereocenters. The summed E-state index contributed by atoms with van der Waals surface area (Å²) in [5, 5.41) is -0.0518. The van der Waals surface area contributed by atoms with Crippen molar-refractivity contribution in [3.05, 3.63) is 110 Å². The van der Waals surface area contributed by atoms with Gasteiger partial charge in [0, 0.05) is 10.0 Å². The topological polar surface area (TPSA) is 37.4 Å². The van der Waals surface area contributed by atoms with E-state index in [0.29, 0.717) is 17.0 Å². The van der Waals surface area contributed by atoms with Gasteiger partial charge in [-0.25, -0.2) is 0 Å². The van der Waals surface area contributed by atoms with Crippen LogP contribution in [0.4, 0.5) is 26.3 Å². The smallest absolute Gasteiger partial charge is 0.270 e. The Morgan fingerprint density at radius 1 is 0.811 bits per heavy atom. The fourth-order valence-corrected chi connectivity index (χ4v) is 4.57. The summed E-state index contributed by atoms with van der Waals surface area (Å²) in [6.07, 6.45) is -8.06. The van der Waals surface area contributed by atoms with Gasteiger partial charge in [0.15, 0.2) is 0 Å². The Morgan fingerprint density at radius 3 is 1.89 bits per heavy atom. The number of amides is 2. The maximum atomic E-state index is 13.9. The fraction of sp³-hybridized carbons (Fsp3) is 0.154. The van der Waals surface area contributed by atoms with Gasteiger partial charge in [-0.1, -0.05) is 59.6 Å². The molecule has 4 rings (SSSR count). The average molecular weight is 558 g/mol. The molecule has 0 saturated carbocycles. The van der Waals surface area contributed by atoms with E-state index in [9.17, 15) is 35.9 Å². The van der Waals surface area contributed by atoms with E-state index in [-0.39, 0.29) is 37.9 Å². The van der Waals surface area contributed by atoms with E-state index < -0.39 is 42.2 Å². The number of allylic oxidation sites excluding steroid dienone is 1. The van der Waals surface area contributed by atoms with Crippen molar-refractivity contribution in [2.24, 2.45) is 0 Å². The van der Waals surface area contributed by atoms with Gasteiger partial charge in [0.1, 0.15) is 0 Å². The Balaban J connectivity index is 1.67. The van der Waals surface area contributed by atoms with Gasteiger partial charge in [0.25, 0.3) is 11.8 Å². The van der Waals surface area contributed by atoms with Crippen molar-refractivity contribution < 1.29 is 35.9 Å². The number of imide groups is 1. The molecule has 0 bridgehead atoms. The van der Waals surface area contributed by atoms with Gasteiger partial charge in [0.2, 0.25) is 0 Å². The molecule has 1 heterocycles. The molecule has 0 radical (unpaired) electrons. The molecule has 0 aromatic heterocycles. The van der Waals surface area contributed by atoms with E-state index in [1.54, 1.807) is 0 Å². The first-order valence-corrected chi connectivity index (χ1v) is 11.4. The molecule has 11 heteroatoms. The maximum Gasteiger partial charge on any atom is 0.416 e. The van der Waals surface area contributed by atoms with Crippen molar-refractivity contribution >= 4 is 41.1 Å². The second kappa shape index (κ2) is 9.87. The van der Waals surface area contributed by atoms with Crippen LogP contribution in [0.3, 0.4) is 0 Å². The summed E-state index contributed by atoms with van der Waals surface area (Å²) in [7, 11) is 0. The highest BCUT2D eigenvalue weighted by atomic mass is 35.5. The Labute approximate surface area is 216 Å². The van der Waals surface area contributed by atoms with Crippen LogP contribution in [0, 0.1) is 0 Å². The Hall–Kier alpha value is -3.30. The number of benzene rings is 3. The number of hydrogen-bond donors (Lipinski definition) is 0. The van der Waals surface area contributed by atoms with Gasteiger partial charge >= 0.3 is 12.4 Å². The minimum absolute atomic E-state index is 0.0259. The van der Waals surface area contributed by atoms with E-state index in [2.05, 4.69) is 0 Å². The van der Waals surface area contributed by atoms with E-state index >= 15 is 0 Å². The number of carbonyl (C=O) groups is 2. The Bertz CT molecular complexity index is 1360. The molecular formula is C26H15Cl2F6NO2. The minimum atomic E-state index is -4.90. The maximum absolute atomic E-state index is 13.9. The van der Waals surface area contributed by atoms with Crippen molar-refractivity contribution in [3.8, 4) is 0 Å². The van der Waals surface area contributed by atoms with Crippen LogP contribution >= 0.6 is 23.2 Å². The zero-order chi connectivity index (χ0) is 27.1. The van der Waals surface area contributed by atoms with Crippen LogP contribution in [-0.4, -0.2) is 22.9 Å². The number of carbonyl (C=O) groups excluding carboxylic acids is 2. The summed E-state index contributed by atoms with van der Waals surface area (Å²) in [5.41, 5.74) is -1.84. The summed E-state index contributed by atoms with van der Waals surface area (Å²) in [4.78, 5) is 25.9.